The number of imidazole rings is 1. The molecule has 116 valence electrons. The lowest BCUT2D eigenvalue weighted by Gasteiger charge is -2.07. The van der Waals surface area contributed by atoms with Gasteiger partial charge in [-0.15, -0.1) is 0 Å². The van der Waals surface area contributed by atoms with E-state index in [1.165, 1.54) is 25.7 Å². The van der Waals surface area contributed by atoms with Crippen LogP contribution in [-0.4, -0.2) is 9.55 Å². The Morgan fingerprint density at radius 2 is 1.95 bits per heavy atom. The Morgan fingerprint density at radius 1 is 1.24 bits per heavy atom. The van der Waals surface area contributed by atoms with Crippen LogP contribution in [0.2, 0.25) is 0 Å². The largest absolute Gasteiger partial charge is 0.369 e. The molecule has 5 heteroatoms. The van der Waals surface area contributed by atoms with E-state index in [1.807, 2.05) is 27.2 Å². The van der Waals surface area contributed by atoms with E-state index < -0.39 is 0 Å². The number of hydrogen-bond acceptors (Lipinski definition) is 2. The number of nitrogens with zero attached hydrogens (tertiary/aromatic N) is 2. The van der Waals surface area contributed by atoms with Crippen molar-refractivity contribution in [2.24, 2.45) is 5.92 Å². The predicted octanol–water partition coefficient (Wildman–Crippen LogP) is 4.97. The van der Waals surface area contributed by atoms with Crippen LogP contribution in [0.4, 0.5) is 10.3 Å². The van der Waals surface area contributed by atoms with Gasteiger partial charge >= 0.3 is 0 Å². The Morgan fingerprint density at radius 3 is 2.67 bits per heavy atom. The van der Waals surface area contributed by atoms with Crippen molar-refractivity contribution in [3.05, 3.63) is 21.5 Å². The van der Waals surface area contributed by atoms with Gasteiger partial charge in [0.05, 0.1) is 14.6 Å². The lowest BCUT2D eigenvalue weighted by atomic mass is 10.0. The third-order valence-electron chi connectivity index (χ3n) is 3.73. The minimum absolute atomic E-state index is 0.207. The van der Waals surface area contributed by atoms with Crippen LogP contribution in [0.15, 0.2) is 12.1 Å². The monoisotopic (exact) mass is 403 g/mol. The predicted molar refractivity (Wildman–Crippen MR) is 94.7 cm³/mol. The Bertz CT molecular complexity index is 607. The number of aryl methyl sites for hydroxylation is 1. The zero-order chi connectivity index (χ0) is 15.4. The summed E-state index contributed by atoms with van der Waals surface area (Å²) in [6.07, 6.45) is 6.06. The first-order valence-corrected chi connectivity index (χ1v) is 8.67. The Kier molecular flexibility index (Phi) is 5.84. The molecule has 1 aromatic carbocycles. The van der Waals surface area contributed by atoms with Crippen molar-refractivity contribution in [3.8, 4) is 0 Å². The number of hydrogen-bond donors (Lipinski definition) is 1. The maximum absolute atomic E-state index is 13.7. The first kappa shape index (κ1) is 16.5. The molecule has 3 nitrogen and oxygen atoms in total. The van der Waals surface area contributed by atoms with Crippen LogP contribution in [0.3, 0.4) is 0 Å². The van der Waals surface area contributed by atoms with E-state index in [4.69, 9.17) is 5.73 Å². The van der Waals surface area contributed by atoms with Gasteiger partial charge in [0.15, 0.2) is 0 Å². The van der Waals surface area contributed by atoms with Crippen LogP contribution >= 0.6 is 22.6 Å². The molecule has 2 rings (SSSR count). The standard InChI is InChI=1S/C16H23FIN3/c1-11(2)7-5-3-4-6-8-21-15-9-12(17)13(18)10-14(15)20-16(21)19/h9-11H,3-8H2,1-2H3,(H2,19,20). The van der Waals surface area contributed by atoms with Gasteiger partial charge < -0.3 is 10.3 Å². The summed E-state index contributed by atoms with van der Waals surface area (Å²) in [5, 5.41) is 0. The van der Waals surface area contributed by atoms with Gasteiger partial charge in [0.25, 0.3) is 0 Å². The normalized spacial score (nSPS) is 11.7. The highest BCUT2D eigenvalue weighted by molar-refractivity contribution is 14.1. The third kappa shape index (κ3) is 4.31. The van der Waals surface area contributed by atoms with Gasteiger partial charge in [0.2, 0.25) is 5.95 Å². The van der Waals surface area contributed by atoms with E-state index in [0.29, 0.717) is 9.52 Å². The maximum Gasteiger partial charge on any atom is 0.201 e. The zero-order valence-corrected chi connectivity index (χ0v) is 14.9. The summed E-state index contributed by atoms with van der Waals surface area (Å²) in [5.41, 5.74) is 7.54. The Labute approximate surface area is 139 Å². The smallest absolute Gasteiger partial charge is 0.201 e. The molecule has 0 bridgehead atoms. The molecule has 0 aliphatic heterocycles. The van der Waals surface area contributed by atoms with Crippen molar-refractivity contribution in [2.45, 2.75) is 52.5 Å². The Balaban J connectivity index is 1.95. The van der Waals surface area contributed by atoms with Gasteiger partial charge in [-0.3, -0.25) is 0 Å². The minimum atomic E-state index is -0.207. The van der Waals surface area contributed by atoms with Gasteiger partial charge in [0.1, 0.15) is 5.82 Å². The molecule has 2 aromatic rings. The number of aromatic nitrogens is 2. The van der Waals surface area contributed by atoms with Gasteiger partial charge in [-0.25, -0.2) is 9.37 Å². The van der Waals surface area contributed by atoms with Gasteiger partial charge in [-0.2, -0.15) is 0 Å². The van der Waals surface area contributed by atoms with Crippen molar-refractivity contribution in [3.63, 3.8) is 0 Å². The lowest BCUT2D eigenvalue weighted by molar-refractivity contribution is 0.508. The number of unbranched alkanes of at least 4 members (excludes halogenated alkanes) is 3. The first-order chi connectivity index (χ1) is 9.99. The van der Waals surface area contributed by atoms with E-state index in [0.717, 1.165) is 29.9 Å². The quantitative estimate of drug-likeness (QED) is 0.524. The molecule has 1 heterocycles. The minimum Gasteiger partial charge on any atom is -0.369 e. The van der Waals surface area contributed by atoms with Crippen molar-refractivity contribution in [1.82, 2.24) is 9.55 Å². The van der Waals surface area contributed by atoms with Crippen molar-refractivity contribution >= 4 is 39.6 Å². The highest BCUT2D eigenvalue weighted by Crippen LogP contribution is 2.23. The lowest BCUT2D eigenvalue weighted by Crippen LogP contribution is -2.03. The van der Waals surface area contributed by atoms with Crippen LogP contribution in [0.1, 0.15) is 46.0 Å². The molecule has 0 unspecified atom stereocenters. The number of anilines is 1. The summed E-state index contributed by atoms with van der Waals surface area (Å²) in [6.45, 7) is 5.33. The molecular formula is C16H23FIN3. The summed E-state index contributed by atoms with van der Waals surface area (Å²) in [4.78, 5) is 4.32. The molecule has 2 N–H and O–H groups in total. The van der Waals surface area contributed by atoms with Crippen molar-refractivity contribution < 1.29 is 4.39 Å². The van der Waals surface area contributed by atoms with Crippen LogP contribution < -0.4 is 5.73 Å². The van der Waals surface area contributed by atoms with Crippen molar-refractivity contribution in [2.75, 3.05) is 5.73 Å². The molecule has 0 saturated heterocycles. The summed E-state index contributed by atoms with van der Waals surface area (Å²) in [5.74, 6) is 1.05. The molecule has 0 saturated carbocycles. The number of fused-ring (bicyclic) bond motifs is 1. The second-order valence-corrected chi connectivity index (χ2v) is 7.14. The SMILES string of the molecule is CC(C)CCCCCCn1c(N)nc2cc(I)c(F)cc21. The molecule has 21 heavy (non-hydrogen) atoms. The molecule has 0 radical (unpaired) electrons. The molecule has 0 fully saturated rings. The van der Waals surface area contributed by atoms with Crippen LogP contribution in [0.5, 0.6) is 0 Å². The van der Waals surface area contributed by atoms with E-state index in [9.17, 15) is 4.39 Å². The summed E-state index contributed by atoms with van der Waals surface area (Å²) in [6, 6.07) is 3.29. The number of benzene rings is 1. The summed E-state index contributed by atoms with van der Waals surface area (Å²) < 4.78 is 16.2. The van der Waals surface area contributed by atoms with Gasteiger partial charge in [-0.1, -0.05) is 39.5 Å². The van der Waals surface area contributed by atoms with E-state index in [1.54, 1.807) is 12.1 Å². The number of rotatable bonds is 7. The topological polar surface area (TPSA) is 43.8 Å². The van der Waals surface area contributed by atoms with Crippen LogP contribution in [0.25, 0.3) is 11.0 Å². The van der Waals surface area contributed by atoms with Crippen LogP contribution in [0, 0.1) is 15.3 Å². The average molecular weight is 403 g/mol. The molecule has 0 amide bonds. The van der Waals surface area contributed by atoms with Crippen molar-refractivity contribution in [1.29, 1.82) is 0 Å². The Hall–Kier alpha value is -0.850. The molecule has 1 aromatic heterocycles. The van der Waals surface area contributed by atoms with Crippen LogP contribution in [-0.2, 0) is 6.54 Å². The fourth-order valence-electron chi connectivity index (χ4n) is 2.55. The number of nitrogens with two attached hydrogens (primary N) is 1. The fourth-order valence-corrected chi connectivity index (χ4v) is 3.00. The van der Waals surface area contributed by atoms with E-state index in [2.05, 4.69) is 18.8 Å². The number of halogens is 2. The fraction of sp³-hybridized carbons (Fsp3) is 0.562. The summed E-state index contributed by atoms with van der Waals surface area (Å²) >= 11 is 1.98. The second kappa shape index (κ2) is 7.42. The first-order valence-electron chi connectivity index (χ1n) is 7.59. The molecule has 0 aliphatic carbocycles. The van der Waals surface area contributed by atoms with Gasteiger partial charge in [-0.05, 0) is 41.0 Å². The maximum atomic E-state index is 13.7. The second-order valence-electron chi connectivity index (χ2n) is 5.97. The zero-order valence-electron chi connectivity index (χ0n) is 12.7. The van der Waals surface area contributed by atoms with E-state index >= 15 is 0 Å². The highest BCUT2D eigenvalue weighted by Gasteiger charge is 2.11. The molecule has 0 atom stereocenters. The number of nitrogen functional groups attached to an aromatic ring is 1. The average Bonchev–Trinajstić information content (AvgIpc) is 2.70. The highest BCUT2D eigenvalue weighted by atomic mass is 127. The summed E-state index contributed by atoms with van der Waals surface area (Å²) in [7, 11) is 0. The molecule has 0 aliphatic rings. The van der Waals surface area contributed by atoms with Gasteiger partial charge in [0, 0.05) is 12.6 Å². The third-order valence-corrected chi connectivity index (χ3v) is 4.56. The van der Waals surface area contributed by atoms with E-state index in [-0.39, 0.29) is 5.82 Å². The molecular weight excluding hydrogens is 380 g/mol. The molecule has 0 spiro atoms.